The molecule has 3 N–H and O–H groups in total. The smallest absolute Gasteiger partial charge is 0.312 e. The van der Waals surface area contributed by atoms with Crippen LogP contribution in [0.2, 0.25) is 0 Å². The third-order valence-corrected chi connectivity index (χ3v) is 8.43. The summed E-state index contributed by atoms with van der Waals surface area (Å²) in [6, 6.07) is 31.1. The fraction of sp³-hybridized carbons (Fsp3) is 0.179. The number of nitriles is 1. The zero-order chi connectivity index (χ0) is 37.1. The number of anilines is 3. The van der Waals surface area contributed by atoms with Crippen molar-refractivity contribution in [3.05, 3.63) is 137 Å². The second kappa shape index (κ2) is 17.0. The number of carbonyl (C=O) groups excluding carboxylic acids is 1. The van der Waals surface area contributed by atoms with Crippen LogP contribution >= 0.6 is 0 Å². The van der Waals surface area contributed by atoms with Gasteiger partial charge in [0.2, 0.25) is 15.9 Å². The molecule has 0 aliphatic heterocycles. The SMILES string of the molecule is Cc1c(NS(C)(=O)=O)cccc1N(Cc1ccc(C#N)cc1)Cc1ccc(Oc2ccc(NC(=O)CC(=O)O)c(OCCc3cccnc3)c2)cc1. The van der Waals surface area contributed by atoms with E-state index >= 15 is 0 Å². The van der Waals surface area contributed by atoms with E-state index in [2.05, 4.69) is 26.0 Å². The Balaban J connectivity index is 1.35. The minimum atomic E-state index is -3.49. The van der Waals surface area contributed by atoms with E-state index in [0.29, 0.717) is 53.7 Å². The predicted octanol–water partition coefficient (Wildman–Crippen LogP) is 6.67. The number of sulfonamides is 1. The number of carboxylic acid groups (broad SMARTS) is 1. The Bertz CT molecular complexity index is 2170. The number of carboxylic acids is 1. The summed E-state index contributed by atoms with van der Waals surface area (Å²) in [6.45, 7) is 3.11. The Morgan fingerprint density at radius 2 is 1.58 bits per heavy atom. The summed E-state index contributed by atoms with van der Waals surface area (Å²) < 4.78 is 38.8. The number of hydrogen-bond acceptors (Lipinski definition) is 9. The lowest BCUT2D eigenvalue weighted by atomic mass is 10.1. The van der Waals surface area contributed by atoms with Gasteiger partial charge in [-0.2, -0.15) is 5.26 Å². The lowest BCUT2D eigenvalue weighted by Gasteiger charge is -2.28. The fourth-order valence-corrected chi connectivity index (χ4v) is 5.99. The van der Waals surface area contributed by atoms with E-state index in [0.717, 1.165) is 34.2 Å². The lowest BCUT2D eigenvalue weighted by molar-refractivity contribution is -0.139. The Morgan fingerprint density at radius 3 is 2.21 bits per heavy atom. The maximum atomic E-state index is 12.2. The molecule has 0 fully saturated rings. The molecule has 0 unspecified atom stereocenters. The van der Waals surface area contributed by atoms with Gasteiger partial charge in [0, 0.05) is 43.7 Å². The number of aliphatic carboxylic acids is 1. The number of hydrogen-bond donors (Lipinski definition) is 3. The van der Waals surface area contributed by atoms with Gasteiger partial charge in [0.15, 0.2) is 0 Å². The second-order valence-corrected chi connectivity index (χ2v) is 13.7. The monoisotopic (exact) mass is 719 g/mol. The Kier molecular flexibility index (Phi) is 12.1. The summed E-state index contributed by atoms with van der Waals surface area (Å²) in [5, 5.41) is 20.9. The number of rotatable bonds is 16. The highest BCUT2D eigenvalue weighted by molar-refractivity contribution is 7.92. The molecule has 5 aromatic rings. The first-order chi connectivity index (χ1) is 25.0. The topological polar surface area (TPSA) is 171 Å². The van der Waals surface area contributed by atoms with Gasteiger partial charge in [-0.1, -0.05) is 36.4 Å². The third kappa shape index (κ3) is 10.8. The van der Waals surface area contributed by atoms with Crippen LogP contribution in [-0.2, 0) is 39.1 Å². The molecule has 0 saturated heterocycles. The molecule has 13 heteroatoms. The van der Waals surface area contributed by atoms with Crippen LogP contribution in [0.3, 0.4) is 0 Å². The third-order valence-electron chi connectivity index (χ3n) is 7.84. The number of ether oxygens (including phenoxy) is 2. The van der Waals surface area contributed by atoms with Gasteiger partial charge in [0.25, 0.3) is 0 Å². The van der Waals surface area contributed by atoms with E-state index in [1.807, 2.05) is 61.5 Å². The number of carbonyl (C=O) groups is 2. The van der Waals surface area contributed by atoms with Crippen LogP contribution < -0.4 is 24.4 Å². The second-order valence-electron chi connectivity index (χ2n) is 12.0. The minimum absolute atomic E-state index is 0.275. The summed E-state index contributed by atoms with van der Waals surface area (Å²) in [6.07, 6.45) is 4.41. The highest BCUT2D eigenvalue weighted by Crippen LogP contribution is 2.34. The number of benzene rings is 4. The molecule has 0 bridgehead atoms. The molecule has 0 aliphatic carbocycles. The zero-order valence-corrected chi connectivity index (χ0v) is 29.4. The van der Waals surface area contributed by atoms with Crippen molar-refractivity contribution in [3.8, 4) is 23.3 Å². The lowest BCUT2D eigenvalue weighted by Crippen LogP contribution is -2.23. The number of aromatic nitrogens is 1. The summed E-state index contributed by atoms with van der Waals surface area (Å²) in [7, 11) is -3.49. The van der Waals surface area contributed by atoms with Crippen LogP contribution in [0.15, 0.2) is 109 Å². The highest BCUT2D eigenvalue weighted by atomic mass is 32.2. The first kappa shape index (κ1) is 36.9. The van der Waals surface area contributed by atoms with E-state index in [9.17, 15) is 23.3 Å². The van der Waals surface area contributed by atoms with Gasteiger partial charge in [-0.25, -0.2) is 8.42 Å². The van der Waals surface area contributed by atoms with Crippen LogP contribution in [-0.4, -0.2) is 43.2 Å². The zero-order valence-electron chi connectivity index (χ0n) is 28.6. The van der Waals surface area contributed by atoms with Crippen molar-refractivity contribution >= 4 is 39.0 Å². The van der Waals surface area contributed by atoms with Crippen molar-refractivity contribution in [2.45, 2.75) is 32.9 Å². The molecule has 5 rings (SSSR count). The normalized spacial score (nSPS) is 10.9. The van der Waals surface area contributed by atoms with Crippen LogP contribution in [0.1, 0.15) is 34.2 Å². The van der Waals surface area contributed by atoms with E-state index in [1.165, 1.54) is 0 Å². The van der Waals surface area contributed by atoms with Crippen LogP contribution in [0.4, 0.5) is 17.1 Å². The molecular weight excluding hydrogens is 683 g/mol. The first-order valence-electron chi connectivity index (χ1n) is 16.2. The number of amides is 1. The summed E-state index contributed by atoms with van der Waals surface area (Å²) in [4.78, 5) is 29.5. The molecule has 1 amide bonds. The molecule has 0 spiro atoms. The minimum Gasteiger partial charge on any atom is -0.491 e. The van der Waals surface area contributed by atoms with Gasteiger partial charge in [-0.3, -0.25) is 19.3 Å². The molecule has 0 aliphatic rings. The van der Waals surface area contributed by atoms with Crippen LogP contribution in [0.25, 0.3) is 0 Å². The van der Waals surface area contributed by atoms with Gasteiger partial charge in [-0.05, 0) is 83.8 Å². The highest BCUT2D eigenvalue weighted by Gasteiger charge is 2.17. The van der Waals surface area contributed by atoms with Gasteiger partial charge < -0.3 is 24.8 Å². The van der Waals surface area contributed by atoms with Gasteiger partial charge in [0.05, 0.1) is 35.9 Å². The molecular formula is C39H37N5O7S. The maximum absolute atomic E-state index is 12.2. The Hall–Kier alpha value is -6.39. The molecule has 12 nitrogen and oxygen atoms in total. The summed E-state index contributed by atoms with van der Waals surface area (Å²) >= 11 is 0. The van der Waals surface area contributed by atoms with Gasteiger partial charge in [0.1, 0.15) is 23.7 Å². The molecule has 1 heterocycles. The van der Waals surface area contributed by atoms with Crippen molar-refractivity contribution in [2.75, 3.05) is 27.8 Å². The first-order valence-corrected chi connectivity index (χ1v) is 18.1. The molecule has 52 heavy (non-hydrogen) atoms. The van der Waals surface area contributed by atoms with Crippen LogP contribution in [0, 0.1) is 18.3 Å². The largest absolute Gasteiger partial charge is 0.491 e. The van der Waals surface area contributed by atoms with E-state index in [1.54, 1.807) is 54.9 Å². The van der Waals surface area contributed by atoms with E-state index < -0.39 is 28.3 Å². The summed E-state index contributed by atoms with van der Waals surface area (Å²) in [5.41, 5.74) is 5.86. The van der Waals surface area contributed by atoms with Crippen molar-refractivity contribution in [1.82, 2.24) is 4.98 Å². The van der Waals surface area contributed by atoms with Crippen molar-refractivity contribution in [1.29, 1.82) is 5.26 Å². The quantitative estimate of drug-likeness (QED) is 0.0936. The predicted molar refractivity (Wildman–Crippen MR) is 198 cm³/mol. The molecule has 4 aromatic carbocycles. The molecule has 0 radical (unpaired) electrons. The number of nitrogens with one attached hydrogen (secondary N) is 2. The molecule has 266 valence electrons. The summed E-state index contributed by atoms with van der Waals surface area (Å²) in [5.74, 6) is -0.630. The van der Waals surface area contributed by atoms with Gasteiger partial charge in [-0.15, -0.1) is 0 Å². The maximum Gasteiger partial charge on any atom is 0.312 e. The Labute approximate surface area is 302 Å². The van der Waals surface area contributed by atoms with Crippen molar-refractivity contribution in [3.63, 3.8) is 0 Å². The number of pyridine rings is 1. The van der Waals surface area contributed by atoms with Gasteiger partial charge >= 0.3 is 5.97 Å². The fourth-order valence-electron chi connectivity index (χ4n) is 5.37. The molecule has 0 saturated carbocycles. The average Bonchev–Trinajstić information content (AvgIpc) is 3.11. The van der Waals surface area contributed by atoms with Crippen LogP contribution in [0.5, 0.6) is 17.2 Å². The van der Waals surface area contributed by atoms with E-state index in [-0.39, 0.29) is 6.61 Å². The molecule has 0 atom stereocenters. The van der Waals surface area contributed by atoms with Crippen molar-refractivity contribution < 1.29 is 32.6 Å². The van der Waals surface area contributed by atoms with Crippen molar-refractivity contribution in [2.24, 2.45) is 0 Å². The Morgan fingerprint density at radius 1 is 0.885 bits per heavy atom. The standard InChI is InChI=1S/C39H37N5O7S/c1-27-34(43-52(2,48)49)6-3-7-36(27)44(25-30-10-8-28(23-40)9-11-30)26-31-12-14-32(15-13-31)51-33-16-17-35(42-38(45)22-39(46)47)37(21-33)50-20-18-29-5-4-19-41-24-29/h3-17,19,21,24,43H,18,20,22,25-26H2,1-2H3,(H,42,45)(H,46,47). The average molecular weight is 720 g/mol. The van der Waals surface area contributed by atoms with E-state index in [4.69, 9.17) is 14.6 Å². The number of nitrogens with zero attached hydrogens (tertiary/aromatic N) is 3. The molecule has 1 aromatic heterocycles.